The van der Waals surface area contributed by atoms with E-state index in [0.29, 0.717) is 40.9 Å². The Morgan fingerprint density at radius 3 is 2.39 bits per heavy atom. The minimum Gasteiger partial charge on any atom is -0.493 e. The molecule has 5 aliphatic carbocycles. The number of carbonyl (C=O) groups excluding carboxylic acids is 1. The zero-order chi connectivity index (χ0) is 35.1. The van der Waals surface area contributed by atoms with Crippen molar-refractivity contribution in [3.05, 3.63) is 42.2 Å². The van der Waals surface area contributed by atoms with Crippen LogP contribution in [0.1, 0.15) is 111 Å². The van der Waals surface area contributed by atoms with Gasteiger partial charge in [-0.1, -0.05) is 52.0 Å². The van der Waals surface area contributed by atoms with Crippen LogP contribution in [-0.4, -0.2) is 46.4 Å². The summed E-state index contributed by atoms with van der Waals surface area (Å²) in [5.41, 5.74) is 2.63. The number of aliphatic hydroxyl groups is 1. The van der Waals surface area contributed by atoms with Crippen LogP contribution in [0.2, 0.25) is 0 Å². The van der Waals surface area contributed by atoms with Crippen LogP contribution in [0.5, 0.6) is 11.5 Å². The first-order valence-electron chi connectivity index (χ1n) is 18.8. The molecular weight excluding hydrogens is 614 g/mol. The third-order valence-corrected chi connectivity index (χ3v) is 16.0. The number of fused-ring (bicyclic) bond motifs is 7. The number of ether oxygens (including phenoxy) is 3. The first kappa shape index (κ1) is 34.6. The van der Waals surface area contributed by atoms with Crippen LogP contribution < -0.4 is 9.47 Å². The van der Waals surface area contributed by atoms with Gasteiger partial charge in [0.1, 0.15) is 12.3 Å². The summed E-state index contributed by atoms with van der Waals surface area (Å²) < 4.78 is 18.8. The molecule has 8 heteroatoms. The van der Waals surface area contributed by atoms with Gasteiger partial charge >= 0.3 is 5.97 Å². The van der Waals surface area contributed by atoms with Crippen molar-refractivity contribution in [1.29, 1.82) is 0 Å². The molecule has 10 atom stereocenters. The molecule has 5 saturated carbocycles. The fourth-order valence-corrected chi connectivity index (χ4v) is 13.2. The lowest BCUT2D eigenvalue weighted by Crippen LogP contribution is -2.67. The van der Waals surface area contributed by atoms with Gasteiger partial charge in [0.05, 0.1) is 37.6 Å². The number of rotatable bonds is 7. The Labute approximate surface area is 293 Å². The lowest BCUT2D eigenvalue weighted by Gasteiger charge is -2.72. The predicted octanol–water partition coefficient (Wildman–Crippen LogP) is 8.35. The first-order chi connectivity index (χ1) is 23.2. The number of aromatic nitrogens is 3. The van der Waals surface area contributed by atoms with Gasteiger partial charge in [-0.15, -0.1) is 5.10 Å². The predicted molar refractivity (Wildman–Crippen MR) is 189 cm³/mol. The molecule has 268 valence electrons. The zero-order valence-corrected chi connectivity index (χ0v) is 31.2. The Morgan fingerprint density at radius 1 is 0.918 bits per heavy atom. The van der Waals surface area contributed by atoms with Crippen LogP contribution >= 0.6 is 0 Å². The summed E-state index contributed by atoms with van der Waals surface area (Å²) in [6.45, 7) is 19.2. The molecule has 0 radical (unpaired) electrons. The molecule has 2 aromatic rings. The van der Waals surface area contributed by atoms with E-state index < -0.39 is 5.41 Å². The lowest BCUT2D eigenvalue weighted by atomic mass is 9.32. The van der Waals surface area contributed by atoms with Crippen LogP contribution in [0.15, 0.2) is 36.5 Å². The molecule has 0 saturated heterocycles. The molecule has 1 aromatic carbocycles. The van der Waals surface area contributed by atoms with E-state index in [4.69, 9.17) is 14.2 Å². The van der Waals surface area contributed by atoms with Crippen LogP contribution in [-0.2, 0) is 16.1 Å². The van der Waals surface area contributed by atoms with Crippen molar-refractivity contribution in [1.82, 2.24) is 15.0 Å². The zero-order valence-electron chi connectivity index (χ0n) is 31.2. The summed E-state index contributed by atoms with van der Waals surface area (Å²) in [5, 5.41) is 19.8. The molecule has 0 spiro atoms. The first-order valence-corrected chi connectivity index (χ1v) is 18.8. The number of aliphatic hydroxyl groups excluding tert-OH is 1. The Kier molecular flexibility index (Phi) is 8.36. The van der Waals surface area contributed by atoms with E-state index >= 15 is 0 Å². The second kappa shape index (κ2) is 11.8. The number of benzene rings is 1. The third-order valence-electron chi connectivity index (χ3n) is 16.0. The van der Waals surface area contributed by atoms with Gasteiger partial charge in [0.25, 0.3) is 0 Å². The number of esters is 1. The van der Waals surface area contributed by atoms with Crippen LogP contribution in [0.4, 0.5) is 0 Å². The van der Waals surface area contributed by atoms with E-state index in [9.17, 15) is 9.90 Å². The average molecular weight is 674 g/mol. The summed E-state index contributed by atoms with van der Waals surface area (Å²) in [5.74, 6) is 3.39. The molecule has 0 unspecified atom stereocenters. The topological polar surface area (TPSA) is 95.7 Å². The third kappa shape index (κ3) is 4.88. The Balaban J connectivity index is 1.14. The van der Waals surface area contributed by atoms with Crippen LogP contribution in [0.3, 0.4) is 0 Å². The maximum atomic E-state index is 14.5. The van der Waals surface area contributed by atoms with Crippen molar-refractivity contribution < 1.29 is 24.1 Å². The minimum absolute atomic E-state index is 0.0546. The monoisotopic (exact) mass is 673 g/mol. The summed E-state index contributed by atoms with van der Waals surface area (Å²) >= 11 is 0. The van der Waals surface area contributed by atoms with E-state index in [0.717, 1.165) is 50.6 Å². The fourth-order valence-electron chi connectivity index (χ4n) is 13.2. The Bertz CT molecular complexity index is 1620. The van der Waals surface area contributed by atoms with E-state index in [-0.39, 0.29) is 46.3 Å². The summed E-state index contributed by atoms with van der Waals surface area (Å²) in [7, 11) is 3.22. The number of hydrogen-bond donors (Lipinski definition) is 1. The highest BCUT2D eigenvalue weighted by atomic mass is 16.5. The maximum absolute atomic E-state index is 14.5. The highest BCUT2D eigenvalue weighted by Crippen LogP contribution is 2.77. The number of carbonyl (C=O) groups is 1. The largest absolute Gasteiger partial charge is 0.493 e. The molecule has 8 nitrogen and oxygen atoms in total. The van der Waals surface area contributed by atoms with Crippen molar-refractivity contribution in [3.8, 4) is 17.2 Å². The molecule has 1 N–H and O–H groups in total. The van der Waals surface area contributed by atoms with Gasteiger partial charge in [-0.25, -0.2) is 4.68 Å². The van der Waals surface area contributed by atoms with E-state index in [1.54, 1.807) is 18.9 Å². The van der Waals surface area contributed by atoms with Gasteiger partial charge in [0.15, 0.2) is 11.5 Å². The molecule has 5 fully saturated rings. The molecule has 1 heterocycles. The fraction of sp³-hybridized carbons (Fsp3) is 0.732. The summed E-state index contributed by atoms with van der Waals surface area (Å²) in [6, 6.07) is 5.58. The van der Waals surface area contributed by atoms with Crippen molar-refractivity contribution in [2.75, 3.05) is 14.2 Å². The molecule has 49 heavy (non-hydrogen) atoms. The van der Waals surface area contributed by atoms with Crippen molar-refractivity contribution in [3.63, 3.8) is 0 Å². The second-order valence-electron chi connectivity index (χ2n) is 18.0. The van der Waals surface area contributed by atoms with Crippen LogP contribution in [0, 0.1) is 56.7 Å². The number of methoxy groups -OCH3 is 2. The molecule has 0 amide bonds. The number of allylic oxidation sites excluding steroid dienone is 1. The van der Waals surface area contributed by atoms with Gasteiger partial charge < -0.3 is 19.3 Å². The molecule has 0 aliphatic heterocycles. The average Bonchev–Trinajstić information content (AvgIpc) is 3.72. The standard InChI is InChI=1S/C41H59N3O5/c1-25(2)28-14-19-41(36(46)49-24-26-23-44(43-42-26)27-10-12-30(47-8)31(22-27)48-9)21-20-39(6)29(35(28)41)11-13-33-38(5)17-16-34(45)37(3,4)32(38)15-18-40(33,39)7/h10,12,22-23,28-29,32-35,45H,1,11,13-21,24H2,2-9H3/t28-,29+,32-,33+,34-,35+,38-,39+,40+,41-/m0/s1. The molecule has 5 aliphatic rings. The minimum atomic E-state index is -0.492. The lowest BCUT2D eigenvalue weighted by molar-refractivity contribution is -0.248. The van der Waals surface area contributed by atoms with Crippen molar-refractivity contribution >= 4 is 5.97 Å². The van der Waals surface area contributed by atoms with E-state index in [2.05, 4.69) is 58.4 Å². The van der Waals surface area contributed by atoms with E-state index in [1.807, 2.05) is 24.4 Å². The smallest absolute Gasteiger partial charge is 0.312 e. The normalized spacial score (nSPS) is 40.7. The van der Waals surface area contributed by atoms with Gasteiger partial charge in [-0.2, -0.15) is 0 Å². The summed E-state index contributed by atoms with van der Waals surface area (Å²) in [6.07, 6.45) is 12.2. The van der Waals surface area contributed by atoms with Crippen LogP contribution in [0.25, 0.3) is 5.69 Å². The molecule has 1 aromatic heterocycles. The Hall–Kier alpha value is -2.87. The number of hydrogen-bond acceptors (Lipinski definition) is 7. The SMILES string of the molecule is C=C(C)[C@@H]1CC[C@]2(C(=O)OCc3cn(-c4ccc(OC)c(OC)c4)nn3)CC[C@]3(C)[C@H](CC[C@@H]4[C@@]5(C)CC[C@H](O)C(C)(C)[C@@H]5CC[C@]43C)[C@@H]12. The van der Waals surface area contributed by atoms with E-state index in [1.165, 1.54) is 24.8 Å². The molecule has 7 rings (SSSR count). The Morgan fingerprint density at radius 2 is 1.67 bits per heavy atom. The quantitative estimate of drug-likeness (QED) is 0.233. The highest BCUT2D eigenvalue weighted by molar-refractivity contribution is 5.78. The highest BCUT2D eigenvalue weighted by Gasteiger charge is 2.72. The second-order valence-corrected chi connectivity index (χ2v) is 18.0. The van der Waals surface area contributed by atoms with Gasteiger partial charge in [0, 0.05) is 6.07 Å². The summed E-state index contributed by atoms with van der Waals surface area (Å²) in [4.78, 5) is 14.5. The van der Waals surface area contributed by atoms with Crippen molar-refractivity contribution in [2.24, 2.45) is 56.7 Å². The maximum Gasteiger partial charge on any atom is 0.312 e. The van der Waals surface area contributed by atoms with Crippen molar-refractivity contribution in [2.45, 2.75) is 118 Å². The van der Waals surface area contributed by atoms with Gasteiger partial charge in [-0.05, 0) is 135 Å². The molecular formula is C41H59N3O5. The molecule has 0 bridgehead atoms. The van der Waals surface area contributed by atoms with Gasteiger partial charge in [-0.3, -0.25) is 4.79 Å². The van der Waals surface area contributed by atoms with Gasteiger partial charge in [0.2, 0.25) is 0 Å². The number of nitrogens with zero attached hydrogens (tertiary/aromatic N) is 3.